The van der Waals surface area contributed by atoms with E-state index < -0.39 is 0 Å². The maximum atomic E-state index is 12.0. The fourth-order valence-corrected chi connectivity index (χ4v) is 2.32. The van der Waals surface area contributed by atoms with Gasteiger partial charge in [0.1, 0.15) is 6.54 Å². The summed E-state index contributed by atoms with van der Waals surface area (Å²) in [6.07, 6.45) is 0. The number of carbonyl (C=O) groups excluding carboxylic acids is 1. The van der Waals surface area contributed by atoms with E-state index >= 15 is 0 Å². The summed E-state index contributed by atoms with van der Waals surface area (Å²) in [6.45, 7) is 2.53. The molecule has 0 radical (unpaired) electrons. The van der Waals surface area contributed by atoms with Crippen LogP contribution >= 0.6 is 0 Å². The van der Waals surface area contributed by atoms with Gasteiger partial charge in [-0.2, -0.15) is 0 Å². The van der Waals surface area contributed by atoms with Gasteiger partial charge < -0.3 is 9.80 Å². The Morgan fingerprint density at radius 1 is 0.952 bits per heavy atom. The Morgan fingerprint density at radius 2 is 1.52 bits per heavy atom. The van der Waals surface area contributed by atoms with E-state index in [1.807, 2.05) is 36.4 Å². The number of nitrogens with one attached hydrogen (secondary N) is 1. The fourth-order valence-electron chi connectivity index (χ4n) is 2.32. The van der Waals surface area contributed by atoms with Gasteiger partial charge in [0, 0.05) is 11.1 Å². The van der Waals surface area contributed by atoms with Crippen LogP contribution in [0, 0.1) is 0 Å². The lowest BCUT2D eigenvalue weighted by atomic mass is 10.2. The SMILES string of the molecule is C[N+](C)(CCNC(=O)c1ccccc1)Cc1ccccc1. The van der Waals surface area contributed by atoms with Gasteiger partial charge >= 0.3 is 0 Å². The third-order valence-electron chi connectivity index (χ3n) is 3.49. The Balaban J connectivity index is 1.81. The molecule has 110 valence electrons. The van der Waals surface area contributed by atoms with Crippen molar-refractivity contribution in [2.75, 3.05) is 27.2 Å². The second-order valence-electron chi connectivity index (χ2n) is 5.92. The first-order chi connectivity index (χ1) is 10.1. The van der Waals surface area contributed by atoms with Crippen molar-refractivity contribution < 1.29 is 9.28 Å². The number of benzene rings is 2. The molecule has 0 unspecified atom stereocenters. The van der Waals surface area contributed by atoms with Crippen molar-refractivity contribution in [2.45, 2.75) is 6.54 Å². The van der Waals surface area contributed by atoms with Crippen molar-refractivity contribution in [3.05, 3.63) is 71.8 Å². The largest absolute Gasteiger partial charge is 0.346 e. The van der Waals surface area contributed by atoms with E-state index in [2.05, 4.69) is 43.7 Å². The quantitative estimate of drug-likeness (QED) is 0.811. The zero-order valence-corrected chi connectivity index (χ0v) is 12.8. The van der Waals surface area contributed by atoms with Gasteiger partial charge in [0.25, 0.3) is 5.91 Å². The molecule has 0 fully saturated rings. The third-order valence-corrected chi connectivity index (χ3v) is 3.49. The van der Waals surface area contributed by atoms with Crippen molar-refractivity contribution in [1.82, 2.24) is 5.32 Å². The first-order valence-corrected chi connectivity index (χ1v) is 7.26. The Labute approximate surface area is 126 Å². The van der Waals surface area contributed by atoms with Crippen molar-refractivity contribution >= 4 is 5.91 Å². The van der Waals surface area contributed by atoms with Crippen LogP contribution in [0.5, 0.6) is 0 Å². The summed E-state index contributed by atoms with van der Waals surface area (Å²) in [7, 11) is 4.36. The van der Waals surface area contributed by atoms with Crippen molar-refractivity contribution in [2.24, 2.45) is 0 Å². The lowest BCUT2D eigenvalue weighted by Crippen LogP contribution is -2.44. The van der Waals surface area contributed by atoms with Crippen LogP contribution in [0.3, 0.4) is 0 Å². The molecule has 0 aliphatic rings. The predicted molar refractivity (Wildman–Crippen MR) is 85.9 cm³/mol. The minimum Gasteiger partial charge on any atom is -0.346 e. The number of nitrogens with zero attached hydrogens (tertiary/aromatic N) is 1. The molecule has 2 rings (SSSR count). The highest BCUT2D eigenvalue weighted by molar-refractivity contribution is 5.94. The molecule has 2 aromatic carbocycles. The molecule has 0 saturated heterocycles. The van der Waals surface area contributed by atoms with Crippen LogP contribution in [0.15, 0.2) is 60.7 Å². The summed E-state index contributed by atoms with van der Waals surface area (Å²) in [6, 6.07) is 19.8. The van der Waals surface area contributed by atoms with Gasteiger partial charge in [-0.1, -0.05) is 48.5 Å². The number of rotatable bonds is 6. The van der Waals surface area contributed by atoms with Crippen LogP contribution in [-0.2, 0) is 6.54 Å². The van der Waals surface area contributed by atoms with Gasteiger partial charge in [-0.15, -0.1) is 0 Å². The maximum Gasteiger partial charge on any atom is 0.251 e. The van der Waals surface area contributed by atoms with E-state index in [1.54, 1.807) is 0 Å². The van der Waals surface area contributed by atoms with Gasteiger partial charge in [-0.3, -0.25) is 4.79 Å². The number of amides is 1. The Kier molecular flexibility index (Phi) is 5.12. The Morgan fingerprint density at radius 3 is 2.14 bits per heavy atom. The average molecular weight is 283 g/mol. The van der Waals surface area contributed by atoms with E-state index in [0.29, 0.717) is 12.1 Å². The number of hydrogen-bond donors (Lipinski definition) is 1. The lowest BCUT2D eigenvalue weighted by molar-refractivity contribution is -0.902. The first-order valence-electron chi connectivity index (χ1n) is 7.26. The molecule has 0 saturated carbocycles. The van der Waals surface area contributed by atoms with E-state index in [4.69, 9.17) is 0 Å². The zero-order chi connectivity index (χ0) is 15.1. The molecule has 3 heteroatoms. The molecule has 0 aliphatic heterocycles. The molecular formula is C18H23N2O+. The Hall–Kier alpha value is -2.13. The molecule has 0 atom stereocenters. The van der Waals surface area contributed by atoms with E-state index in [1.165, 1.54) is 5.56 Å². The van der Waals surface area contributed by atoms with Crippen LogP contribution in [0.4, 0.5) is 0 Å². The molecule has 1 N–H and O–H groups in total. The average Bonchev–Trinajstić information content (AvgIpc) is 2.48. The van der Waals surface area contributed by atoms with Gasteiger partial charge in [-0.25, -0.2) is 0 Å². The molecule has 2 aromatic rings. The topological polar surface area (TPSA) is 29.1 Å². The van der Waals surface area contributed by atoms with Crippen molar-refractivity contribution in [1.29, 1.82) is 0 Å². The number of carbonyl (C=O) groups is 1. The number of hydrogen-bond acceptors (Lipinski definition) is 1. The third kappa shape index (κ3) is 5.04. The number of quaternary nitrogens is 1. The highest BCUT2D eigenvalue weighted by Gasteiger charge is 2.16. The minimum atomic E-state index is -0.00434. The van der Waals surface area contributed by atoms with E-state index in [0.717, 1.165) is 17.6 Å². The minimum absolute atomic E-state index is 0.00434. The molecule has 3 nitrogen and oxygen atoms in total. The fraction of sp³-hybridized carbons (Fsp3) is 0.278. The van der Waals surface area contributed by atoms with E-state index in [-0.39, 0.29) is 5.91 Å². The number of likely N-dealkylation sites (N-methyl/N-ethyl adjacent to an activating group) is 1. The summed E-state index contributed by atoms with van der Waals surface area (Å²) >= 11 is 0. The summed E-state index contributed by atoms with van der Waals surface area (Å²) in [5.74, 6) is -0.00434. The van der Waals surface area contributed by atoms with Crippen LogP contribution < -0.4 is 5.32 Å². The van der Waals surface area contributed by atoms with Crippen LogP contribution in [-0.4, -0.2) is 37.6 Å². The lowest BCUT2D eigenvalue weighted by Gasteiger charge is -2.30. The Bertz CT molecular complexity index is 564. The summed E-state index contributed by atoms with van der Waals surface area (Å²) < 4.78 is 0.846. The van der Waals surface area contributed by atoms with Crippen LogP contribution in [0.2, 0.25) is 0 Å². The predicted octanol–water partition coefficient (Wildman–Crippen LogP) is 2.69. The second-order valence-corrected chi connectivity index (χ2v) is 5.92. The molecule has 0 bridgehead atoms. The van der Waals surface area contributed by atoms with Crippen LogP contribution in [0.1, 0.15) is 15.9 Å². The normalized spacial score (nSPS) is 11.1. The second kappa shape index (κ2) is 7.04. The van der Waals surface area contributed by atoms with Crippen LogP contribution in [0.25, 0.3) is 0 Å². The monoisotopic (exact) mass is 283 g/mol. The summed E-state index contributed by atoms with van der Waals surface area (Å²) in [4.78, 5) is 12.0. The highest BCUT2D eigenvalue weighted by atomic mass is 16.1. The molecule has 0 heterocycles. The molecule has 1 amide bonds. The zero-order valence-electron chi connectivity index (χ0n) is 12.8. The highest BCUT2D eigenvalue weighted by Crippen LogP contribution is 2.08. The van der Waals surface area contributed by atoms with Crippen molar-refractivity contribution in [3.8, 4) is 0 Å². The molecule has 0 aromatic heterocycles. The molecule has 0 aliphatic carbocycles. The molecule has 0 spiro atoms. The van der Waals surface area contributed by atoms with Gasteiger partial charge in [0.15, 0.2) is 0 Å². The van der Waals surface area contributed by atoms with Gasteiger partial charge in [-0.05, 0) is 12.1 Å². The van der Waals surface area contributed by atoms with Gasteiger partial charge in [0.05, 0.1) is 27.2 Å². The molecular weight excluding hydrogens is 260 g/mol. The first kappa shape index (κ1) is 15.3. The summed E-state index contributed by atoms with van der Waals surface area (Å²) in [5.41, 5.74) is 2.03. The maximum absolute atomic E-state index is 12.0. The van der Waals surface area contributed by atoms with Crippen molar-refractivity contribution in [3.63, 3.8) is 0 Å². The van der Waals surface area contributed by atoms with E-state index in [9.17, 15) is 4.79 Å². The molecule has 21 heavy (non-hydrogen) atoms. The summed E-state index contributed by atoms with van der Waals surface area (Å²) in [5, 5.41) is 2.99. The standard InChI is InChI=1S/C18H22N2O/c1-20(2,15-16-9-5-3-6-10-16)14-13-19-18(21)17-11-7-4-8-12-17/h3-12H,13-15H2,1-2H3/p+1. The smallest absolute Gasteiger partial charge is 0.251 e. The van der Waals surface area contributed by atoms with Gasteiger partial charge in [0.2, 0.25) is 0 Å².